The van der Waals surface area contributed by atoms with Crippen molar-refractivity contribution in [2.24, 2.45) is 5.73 Å². The van der Waals surface area contributed by atoms with E-state index >= 15 is 0 Å². The SMILES string of the molecule is NC1CCC(Nc2ccc(-n3cncn3)cc2)C1. The van der Waals surface area contributed by atoms with Crippen LogP contribution in [0.5, 0.6) is 0 Å². The molecule has 1 saturated carbocycles. The molecule has 0 saturated heterocycles. The Balaban J connectivity index is 1.68. The fourth-order valence-electron chi connectivity index (χ4n) is 2.44. The molecule has 3 rings (SSSR count). The Hall–Kier alpha value is -1.88. The Morgan fingerprint density at radius 1 is 1.22 bits per heavy atom. The second kappa shape index (κ2) is 4.78. The fourth-order valence-corrected chi connectivity index (χ4v) is 2.44. The summed E-state index contributed by atoms with van der Waals surface area (Å²) in [7, 11) is 0. The zero-order chi connectivity index (χ0) is 12.4. The second-order valence-corrected chi connectivity index (χ2v) is 4.80. The van der Waals surface area contributed by atoms with Crippen LogP contribution in [-0.4, -0.2) is 26.8 Å². The van der Waals surface area contributed by atoms with Gasteiger partial charge in [0.1, 0.15) is 12.7 Å². The highest BCUT2D eigenvalue weighted by Gasteiger charge is 2.21. The number of rotatable bonds is 3. The molecule has 0 spiro atoms. The van der Waals surface area contributed by atoms with Crippen LogP contribution in [-0.2, 0) is 0 Å². The number of nitrogens with two attached hydrogens (primary N) is 1. The van der Waals surface area contributed by atoms with Crippen molar-refractivity contribution >= 4 is 5.69 Å². The summed E-state index contributed by atoms with van der Waals surface area (Å²) in [4.78, 5) is 3.93. The van der Waals surface area contributed by atoms with Gasteiger partial charge in [0.15, 0.2) is 0 Å². The van der Waals surface area contributed by atoms with Gasteiger partial charge in [-0.3, -0.25) is 0 Å². The van der Waals surface area contributed by atoms with Gasteiger partial charge in [-0.1, -0.05) is 0 Å². The summed E-state index contributed by atoms with van der Waals surface area (Å²) >= 11 is 0. The lowest BCUT2D eigenvalue weighted by atomic mass is 10.2. The van der Waals surface area contributed by atoms with E-state index in [0.29, 0.717) is 12.1 Å². The molecule has 0 amide bonds. The van der Waals surface area contributed by atoms with E-state index in [4.69, 9.17) is 5.73 Å². The smallest absolute Gasteiger partial charge is 0.138 e. The van der Waals surface area contributed by atoms with Gasteiger partial charge in [0.05, 0.1) is 5.69 Å². The number of aromatic nitrogens is 3. The van der Waals surface area contributed by atoms with E-state index in [1.807, 2.05) is 12.1 Å². The van der Waals surface area contributed by atoms with E-state index in [-0.39, 0.29) is 0 Å². The third-order valence-electron chi connectivity index (χ3n) is 3.39. The van der Waals surface area contributed by atoms with Crippen molar-refractivity contribution in [3.63, 3.8) is 0 Å². The normalized spacial score (nSPS) is 23.2. The molecule has 1 aromatic carbocycles. The summed E-state index contributed by atoms with van der Waals surface area (Å²) in [5.41, 5.74) is 8.06. The average molecular weight is 243 g/mol. The molecule has 1 aliphatic rings. The van der Waals surface area contributed by atoms with Gasteiger partial charge < -0.3 is 11.1 Å². The molecule has 2 atom stereocenters. The molecule has 3 N–H and O–H groups in total. The Morgan fingerprint density at radius 3 is 2.67 bits per heavy atom. The first-order valence-corrected chi connectivity index (χ1v) is 6.28. The minimum Gasteiger partial charge on any atom is -0.382 e. The number of hydrogen-bond acceptors (Lipinski definition) is 4. The zero-order valence-electron chi connectivity index (χ0n) is 10.2. The summed E-state index contributed by atoms with van der Waals surface area (Å²) in [6, 6.07) is 9.08. The molecule has 2 unspecified atom stereocenters. The van der Waals surface area contributed by atoms with Crippen LogP contribution in [0.4, 0.5) is 5.69 Å². The molecule has 1 fully saturated rings. The Bertz CT molecular complexity index is 491. The summed E-state index contributed by atoms with van der Waals surface area (Å²) in [5, 5.41) is 7.62. The topological polar surface area (TPSA) is 68.8 Å². The fraction of sp³-hybridized carbons (Fsp3) is 0.385. The van der Waals surface area contributed by atoms with Crippen molar-refractivity contribution in [2.75, 3.05) is 5.32 Å². The lowest BCUT2D eigenvalue weighted by Gasteiger charge is -2.14. The Morgan fingerprint density at radius 2 is 2.06 bits per heavy atom. The number of nitrogens with zero attached hydrogens (tertiary/aromatic N) is 3. The Kier molecular flexibility index (Phi) is 2.98. The van der Waals surface area contributed by atoms with E-state index < -0.39 is 0 Å². The Labute approximate surface area is 106 Å². The summed E-state index contributed by atoms with van der Waals surface area (Å²) < 4.78 is 1.75. The third kappa shape index (κ3) is 2.36. The van der Waals surface area contributed by atoms with Gasteiger partial charge in [0.2, 0.25) is 0 Å². The van der Waals surface area contributed by atoms with Gasteiger partial charge in [-0.05, 0) is 43.5 Å². The van der Waals surface area contributed by atoms with Gasteiger partial charge in [0.25, 0.3) is 0 Å². The molecular formula is C13H17N5. The van der Waals surface area contributed by atoms with Crippen LogP contribution in [0.15, 0.2) is 36.9 Å². The van der Waals surface area contributed by atoms with Gasteiger partial charge in [-0.15, -0.1) is 0 Å². The van der Waals surface area contributed by atoms with Gasteiger partial charge in [-0.2, -0.15) is 5.10 Å². The van der Waals surface area contributed by atoms with Crippen molar-refractivity contribution in [3.05, 3.63) is 36.9 Å². The van der Waals surface area contributed by atoms with E-state index in [2.05, 4.69) is 27.5 Å². The number of nitrogens with one attached hydrogen (secondary N) is 1. The predicted molar refractivity (Wildman–Crippen MR) is 70.6 cm³/mol. The highest BCUT2D eigenvalue weighted by molar-refractivity contribution is 5.49. The first-order chi connectivity index (χ1) is 8.81. The molecule has 1 heterocycles. The van der Waals surface area contributed by atoms with Crippen molar-refractivity contribution in [3.8, 4) is 5.69 Å². The highest BCUT2D eigenvalue weighted by Crippen LogP contribution is 2.22. The minimum absolute atomic E-state index is 0.358. The van der Waals surface area contributed by atoms with Crippen molar-refractivity contribution in [1.29, 1.82) is 0 Å². The van der Waals surface area contributed by atoms with E-state index in [0.717, 1.165) is 30.6 Å². The van der Waals surface area contributed by atoms with Crippen molar-refractivity contribution in [1.82, 2.24) is 14.8 Å². The molecule has 18 heavy (non-hydrogen) atoms. The van der Waals surface area contributed by atoms with Crippen LogP contribution in [0.3, 0.4) is 0 Å². The molecule has 5 nitrogen and oxygen atoms in total. The van der Waals surface area contributed by atoms with Crippen LogP contribution in [0, 0.1) is 0 Å². The molecule has 0 radical (unpaired) electrons. The largest absolute Gasteiger partial charge is 0.382 e. The molecule has 1 aliphatic carbocycles. The standard InChI is InChI=1S/C13H17N5/c14-10-1-2-12(7-10)17-11-3-5-13(6-4-11)18-9-15-8-16-18/h3-6,8-10,12,17H,1-2,7,14H2. The minimum atomic E-state index is 0.358. The van der Waals surface area contributed by atoms with Crippen LogP contribution < -0.4 is 11.1 Å². The lowest BCUT2D eigenvalue weighted by Crippen LogP contribution is -2.20. The second-order valence-electron chi connectivity index (χ2n) is 4.80. The van der Waals surface area contributed by atoms with Crippen LogP contribution in [0.25, 0.3) is 5.69 Å². The van der Waals surface area contributed by atoms with Crippen LogP contribution >= 0.6 is 0 Å². The maximum Gasteiger partial charge on any atom is 0.138 e. The maximum atomic E-state index is 5.91. The number of benzene rings is 1. The predicted octanol–water partition coefficient (Wildman–Crippen LogP) is 1.56. The average Bonchev–Trinajstić information content (AvgIpc) is 3.02. The first kappa shape index (κ1) is 11.2. The molecule has 2 aromatic rings. The van der Waals surface area contributed by atoms with Crippen LogP contribution in [0.2, 0.25) is 0 Å². The molecule has 94 valence electrons. The quantitative estimate of drug-likeness (QED) is 0.858. The number of hydrogen-bond donors (Lipinski definition) is 2. The zero-order valence-corrected chi connectivity index (χ0v) is 10.2. The number of anilines is 1. The lowest BCUT2D eigenvalue weighted by molar-refractivity contribution is 0.688. The molecule has 1 aromatic heterocycles. The molecule has 0 aliphatic heterocycles. The third-order valence-corrected chi connectivity index (χ3v) is 3.39. The monoisotopic (exact) mass is 243 g/mol. The van der Waals surface area contributed by atoms with Crippen LogP contribution in [0.1, 0.15) is 19.3 Å². The summed E-state index contributed by atoms with van der Waals surface area (Å²) in [6.07, 6.45) is 6.57. The molecule has 0 bridgehead atoms. The summed E-state index contributed by atoms with van der Waals surface area (Å²) in [6.45, 7) is 0. The summed E-state index contributed by atoms with van der Waals surface area (Å²) in [5.74, 6) is 0. The van der Waals surface area contributed by atoms with Crippen molar-refractivity contribution < 1.29 is 0 Å². The van der Waals surface area contributed by atoms with E-state index in [9.17, 15) is 0 Å². The highest BCUT2D eigenvalue weighted by atomic mass is 15.3. The van der Waals surface area contributed by atoms with Gasteiger partial charge in [-0.25, -0.2) is 9.67 Å². The maximum absolute atomic E-state index is 5.91. The van der Waals surface area contributed by atoms with E-state index in [1.165, 1.54) is 6.33 Å². The van der Waals surface area contributed by atoms with Crippen molar-refractivity contribution in [2.45, 2.75) is 31.3 Å². The van der Waals surface area contributed by atoms with Gasteiger partial charge in [0, 0.05) is 17.8 Å². The first-order valence-electron chi connectivity index (χ1n) is 6.28. The van der Waals surface area contributed by atoms with Gasteiger partial charge >= 0.3 is 0 Å². The molecular weight excluding hydrogens is 226 g/mol. The van der Waals surface area contributed by atoms with E-state index in [1.54, 1.807) is 11.0 Å². The molecule has 5 heteroatoms.